The van der Waals surface area contributed by atoms with Gasteiger partial charge in [0, 0.05) is 13.2 Å². The van der Waals surface area contributed by atoms with Crippen LogP contribution in [-0.4, -0.2) is 27.4 Å². The van der Waals surface area contributed by atoms with Gasteiger partial charge in [0.25, 0.3) is 5.91 Å². The topological polar surface area (TPSA) is 87.1 Å². The molecule has 7 heteroatoms. The zero-order valence-corrected chi connectivity index (χ0v) is 10.7. The maximum absolute atomic E-state index is 12.1. The molecule has 0 bridgehead atoms. The minimum atomic E-state index is -0.313. The summed E-state index contributed by atoms with van der Waals surface area (Å²) < 4.78 is 4.12. The highest BCUT2D eigenvalue weighted by atomic mass is 32.1. The summed E-state index contributed by atoms with van der Waals surface area (Å²) in [5, 5.41) is 15.8. The lowest BCUT2D eigenvalue weighted by Gasteiger charge is -2.07. The van der Waals surface area contributed by atoms with Crippen molar-refractivity contribution in [3.8, 4) is 5.75 Å². The van der Waals surface area contributed by atoms with Gasteiger partial charge in [-0.2, -0.15) is 4.37 Å². The molecule has 0 fully saturated rings. The lowest BCUT2D eigenvalue weighted by molar-refractivity contribution is 0.102. The lowest BCUT2D eigenvalue weighted by atomic mass is 10.2. The van der Waals surface area contributed by atoms with Crippen LogP contribution in [0.3, 0.4) is 0 Å². The van der Waals surface area contributed by atoms with Crippen molar-refractivity contribution in [3.63, 3.8) is 0 Å². The van der Waals surface area contributed by atoms with E-state index >= 15 is 0 Å². The molecule has 0 saturated heterocycles. The molecule has 0 radical (unpaired) electrons. The maximum atomic E-state index is 12.1. The molecule has 2 aromatic heterocycles. The van der Waals surface area contributed by atoms with Crippen LogP contribution >= 0.6 is 11.5 Å². The Morgan fingerprint density at radius 2 is 2.28 bits per heavy atom. The van der Waals surface area contributed by atoms with Crippen molar-refractivity contribution < 1.29 is 9.90 Å². The molecule has 2 aromatic rings. The van der Waals surface area contributed by atoms with E-state index in [2.05, 4.69) is 20.0 Å². The molecule has 0 aliphatic carbocycles. The number of aromatic hydroxyl groups is 1. The molecule has 0 atom stereocenters. The summed E-state index contributed by atoms with van der Waals surface area (Å²) in [7, 11) is 1.73. The number of nitrogens with zero attached hydrogens (tertiary/aromatic N) is 2. The van der Waals surface area contributed by atoms with Crippen LogP contribution in [0.4, 0.5) is 10.7 Å². The van der Waals surface area contributed by atoms with E-state index in [0.29, 0.717) is 21.9 Å². The third kappa shape index (κ3) is 2.25. The van der Waals surface area contributed by atoms with Crippen LogP contribution in [0.15, 0.2) is 18.5 Å². The molecule has 0 aliphatic heterocycles. The monoisotopic (exact) mass is 264 g/mol. The van der Waals surface area contributed by atoms with Crippen LogP contribution in [0.2, 0.25) is 0 Å². The van der Waals surface area contributed by atoms with Gasteiger partial charge in [-0.1, -0.05) is 0 Å². The van der Waals surface area contributed by atoms with Crippen molar-refractivity contribution in [2.24, 2.45) is 0 Å². The fourth-order valence-electron chi connectivity index (χ4n) is 1.48. The molecule has 2 heterocycles. The Bertz CT molecular complexity index is 582. The Labute approximate surface area is 108 Å². The average molecular weight is 264 g/mol. The van der Waals surface area contributed by atoms with E-state index in [-0.39, 0.29) is 11.7 Å². The van der Waals surface area contributed by atoms with Crippen molar-refractivity contribution in [1.82, 2.24) is 9.36 Å². The third-order valence-electron chi connectivity index (χ3n) is 2.37. The standard InChI is InChI=1S/C11H12N4O2S/c1-6-9(11(12-2)18-15-6)10(17)14-7-3-4-13-5-8(7)16/h3-5,12,16H,1-2H3,(H,13,14,17). The maximum Gasteiger partial charge on any atom is 0.260 e. The van der Waals surface area contributed by atoms with E-state index in [4.69, 9.17) is 0 Å². The summed E-state index contributed by atoms with van der Waals surface area (Å²) in [5.41, 5.74) is 1.46. The summed E-state index contributed by atoms with van der Waals surface area (Å²) in [5.74, 6) is -0.384. The van der Waals surface area contributed by atoms with E-state index in [9.17, 15) is 9.90 Å². The average Bonchev–Trinajstić information content (AvgIpc) is 2.73. The number of nitrogens with one attached hydrogen (secondary N) is 2. The number of amides is 1. The van der Waals surface area contributed by atoms with Gasteiger partial charge in [-0.3, -0.25) is 9.78 Å². The number of aromatic nitrogens is 2. The largest absolute Gasteiger partial charge is 0.504 e. The first kappa shape index (κ1) is 12.3. The number of carbonyl (C=O) groups excluding carboxylic acids is 1. The molecule has 0 spiro atoms. The van der Waals surface area contributed by atoms with Gasteiger partial charge in [0.05, 0.1) is 23.1 Å². The summed E-state index contributed by atoms with van der Waals surface area (Å²) in [6.45, 7) is 1.76. The van der Waals surface area contributed by atoms with Crippen molar-refractivity contribution in [2.45, 2.75) is 6.92 Å². The molecular formula is C11H12N4O2S. The van der Waals surface area contributed by atoms with Crippen LogP contribution in [-0.2, 0) is 0 Å². The SMILES string of the molecule is CNc1snc(C)c1C(=O)Nc1ccncc1O. The Balaban J connectivity index is 2.28. The van der Waals surface area contributed by atoms with E-state index < -0.39 is 0 Å². The number of aryl methyl sites for hydroxylation is 1. The van der Waals surface area contributed by atoms with Gasteiger partial charge in [0.15, 0.2) is 5.75 Å². The van der Waals surface area contributed by atoms with Gasteiger partial charge < -0.3 is 15.7 Å². The molecule has 94 valence electrons. The number of carbonyl (C=O) groups is 1. The van der Waals surface area contributed by atoms with Crippen LogP contribution < -0.4 is 10.6 Å². The summed E-state index contributed by atoms with van der Waals surface area (Å²) >= 11 is 1.22. The van der Waals surface area contributed by atoms with Crippen LogP contribution in [0.25, 0.3) is 0 Å². The van der Waals surface area contributed by atoms with Gasteiger partial charge in [-0.05, 0) is 24.5 Å². The Morgan fingerprint density at radius 3 is 2.94 bits per heavy atom. The van der Waals surface area contributed by atoms with Gasteiger partial charge in [-0.15, -0.1) is 0 Å². The second-order valence-electron chi connectivity index (χ2n) is 3.57. The summed E-state index contributed by atoms with van der Waals surface area (Å²) in [6, 6.07) is 1.53. The molecule has 0 saturated carbocycles. The Morgan fingerprint density at radius 1 is 1.50 bits per heavy atom. The van der Waals surface area contributed by atoms with E-state index in [1.165, 1.54) is 30.0 Å². The second-order valence-corrected chi connectivity index (χ2v) is 4.34. The predicted molar refractivity (Wildman–Crippen MR) is 70.3 cm³/mol. The first-order valence-electron chi connectivity index (χ1n) is 5.22. The fourth-order valence-corrected chi connectivity index (χ4v) is 2.23. The minimum Gasteiger partial charge on any atom is -0.504 e. The van der Waals surface area contributed by atoms with Gasteiger partial charge in [-0.25, -0.2) is 0 Å². The number of hydrogen-bond acceptors (Lipinski definition) is 6. The van der Waals surface area contributed by atoms with Crippen molar-refractivity contribution in [1.29, 1.82) is 0 Å². The molecule has 0 aliphatic rings. The number of rotatable bonds is 3. The molecule has 18 heavy (non-hydrogen) atoms. The molecule has 1 amide bonds. The molecule has 6 nitrogen and oxygen atoms in total. The lowest BCUT2D eigenvalue weighted by Crippen LogP contribution is -2.14. The molecule has 0 aromatic carbocycles. The summed E-state index contributed by atoms with van der Waals surface area (Å²) in [6.07, 6.45) is 2.76. The van der Waals surface area contributed by atoms with Crippen LogP contribution in [0.1, 0.15) is 16.1 Å². The highest BCUT2D eigenvalue weighted by Gasteiger charge is 2.18. The zero-order chi connectivity index (χ0) is 13.1. The van der Waals surface area contributed by atoms with E-state index in [0.717, 1.165) is 0 Å². The molecule has 3 N–H and O–H groups in total. The number of hydrogen-bond donors (Lipinski definition) is 3. The highest BCUT2D eigenvalue weighted by molar-refractivity contribution is 7.10. The third-order valence-corrected chi connectivity index (χ3v) is 3.32. The van der Waals surface area contributed by atoms with E-state index in [1.807, 2.05) is 0 Å². The van der Waals surface area contributed by atoms with E-state index in [1.54, 1.807) is 14.0 Å². The minimum absolute atomic E-state index is 0.0716. The Kier molecular flexibility index (Phi) is 3.42. The highest BCUT2D eigenvalue weighted by Crippen LogP contribution is 2.26. The molecular weight excluding hydrogens is 252 g/mol. The number of pyridine rings is 1. The van der Waals surface area contributed by atoms with Gasteiger partial charge >= 0.3 is 0 Å². The molecule has 2 rings (SSSR count). The van der Waals surface area contributed by atoms with Crippen molar-refractivity contribution in [3.05, 3.63) is 29.7 Å². The van der Waals surface area contributed by atoms with Crippen molar-refractivity contribution >= 4 is 28.1 Å². The van der Waals surface area contributed by atoms with Crippen molar-refractivity contribution in [2.75, 3.05) is 17.7 Å². The quantitative estimate of drug-likeness (QED) is 0.787. The first-order valence-corrected chi connectivity index (χ1v) is 5.99. The Hall–Kier alpha value is -2.15. The smallest absolute Gasteiger partial charge is 0.260 e. The zero-order valence-electron chi connectivity index (χ0n) is 9.89. The van der Waals surface area contributed by atoms with Gasteiger partial charge in [0.1, 0.15) is 5.00 Å². The summed E-state index contributed by atoms with van der Waals surface area (Å²) in [4.78, 5) is 15.9. The number of anilines is 2. The normalized spacial score (nSPS) is 10.1. The molecule has 0 unspecified atom stereocenters. The predicted octanol–water partition coefficient (Wildman–Crippen LogP) is 1.85. The van der Waals surface area contributed by atoms with Crippen LogP contribution in [0.5, 0.6) is 5.75 Å². The second kappa shape index (κ2) is 5.01. The fraction of sp³-hybridized carbons (Fsp3) is 0.182. The van der Waals surface area contributed by atoms with Crippen LogP contribution in [0, 0.1) is 6.92 Å². The van der Waals surface area contributed by atoms with Gasteiger partial charge in [0.2, 0.25) is 0 Å². The first-order chi connectivity index (χ1) is 8.63.